The zero-order valence-electron chi connectivity index (χ0n) is 9.19. The molecular formula is C13H10N2O2. The van der Waals surface area contributed by atoms with E-state index >= 15 is 0 Å². The second kappa shape index (κ2) is 4.14. The number of carbonyl (C=O) groups is 1. The lowest BCUT2D eigenvalue weighted by molar-refractivity contribution is -0.114. The minimum atomic E-state index is -0.149. The number of nitrogens with one attached hydrogen (secondary N) is 1. The van der Waals surface area contributed by atoms with Crippen molar-refractivity contribution >= 4 is 22.4 Å². The van der Waals surface area contributed by atoms with Crippen LogP contribution in [0.2, 0.25) is 0 Å². The summed E-state index contributed by atoms with van der Waals surface area (Å²) >= 11 is 0. The van der Waals surface area contributed by atoms with Crippen molar-refractivity contribution in [2.45, 2.75) is 6.92 Å². The first-order chi connectivity index (χ1) is 8.11. The molecule has 0 fully saturated rings. The zero-order chi connectivity index (χ0) is 12.4. The van der Waals surface area contributed by atoms with Crippen LogP contribution >= 0.6 is 0 Å². The van der Waals surface area contributed by atoms with Gasteiger partial charge in [-0.25, -0.2) is 0 Å². The number of nitrogens with zero attached hydrogens (tertiary/aromatic N) is 1. The molecule has 2 aromatic rings. The lowest BCUT2D eigenvalue weighted by atomic mass is 10.0. The number of amides is 1. The van der Waals surface area contributed by atoms with Crippen molar-refractivity contribution in [3.8, 4) is 11.8 Å². The van der Waals surface area contributed by atoms with Crippen LogP contribution in [0.15, 0.2) is 30.3 Å². The second-order valence-corrected chi connectivity index (χ2v) is 3.69. The number of rotatable bonds is 1. The van der Waals surface area contributed by atoms with Crippen molar-refractivity contribution in [1.29, 1.82) is 5.26 Å². The summed E-state index contributed by atoms with van der Waals surface area (Å²) in [5, 5.41) is 22.6. The van der Waals surface area contributed by atoms with Gasteiger partial charge in [-0.05, 0) is 23.6 Å². The Morgan fingerprint density at radius 3 is 2.76 bits per heavy atom. The van der Waals surface area contributed by atoms with E-state index in [0.717, 1.165) is 5.39 Å². The number of hydrogen-bond donors (Lipinski definition) is 2. The molecule has 0 saturated carbocycles. The molecule has 84 valence electrons. The maximum Gasteiger partial charge on any atom is 0.221 e. The third-order valence-electron chi connectivity index (χ3n) is 2.43. The summed E-state index contributed by atoms with van der Waals surface area (Å²) in [7, 11) is 0. The molecule has 0 radical (unpaired) electrons. The molecule has 0 bridgehead atoms. The molecule has 0 heterocycles. The van der Waals surface area contributed by atoms with Crippen LogP contribution in [-0.2, 0) is 4.79 Å². The van der Waals surface area contributed by atoms with Gasteiger partial charge in [0.1, 0.15) is 17.4 Å². The number of nitriles is 1. The van der Waals surface area contributed by atoms with Crippen LogP contribution in [-0.4, -0.2) is 11.0 Å². The van der Waals surface area contributed by atoms with Crippen LogP contribution in [0.3, 0.4) is 0 Å². The average Bonchev–Trinajstić information content (AvgIpc) is 2.28. The van der Waals surface area contributed by atoms with Gasteiger partial charge in [0.2, 0.25) is 5.91 Å². The molecule has 2 aromatic carbocycles. The van der Waals surface area contributed by atoms with E-state index < -0.39 is 0 Å². The van der Waals surface area contributed by atoms with Crippen LogP contribution in [0, 0.1) is 11.3 Å². The van der Waals surface area contributed by atoms with Crippen LogP contribution in [0.25, 0.3) is 10.8 Å². The van der Waals surface area contributed by atoms with E-state index in [4.69, 9.17) is 5.26 Å². The van der Waals surface area contributed by atoms with E-state index in [1.807, 2.05) is 6.07 Å². The first-order valence-corrected chi connectivity index (χ1v) is 5.05. The first-order valence-electron chi connectivity index (χ1n) is 5.05. The lowest BCUT2D eigenvalue weighted by Crippen LogP contribution is -2.05. The van der Waals surface area contributed by atoms with Gasteiger partial charge < -0.3 is 10.4 Å². The number of carbonyl (C=O) groups excluding carboxylic acids is 1. The summed E-state index contributed by atoms with van der Waals surface area (Å²) in [5.74, 6) is -0.184. The maximum atomic E-state index is 10.9. The number of phenols is 1. The molecule has 4 heteroatoms. The van der Waals surface area contributed by atoms with Crippen molar-refractivity contribution in [1.82, 2.24) is 0 Å². The van der Waals surface area contributed by atoms with E-state index in [-0.39, 0.29) is 17.2 Å². The highest BCUT2D eigenvalue weighted by molar-refractivity contribution is 5.96. The highest BCUT2D eigenvalue weighted by Gasteiger charge is 2.06. The molecule has 2 N–H and O–H groups in total. The van der Waals surface area contributed by atoms with Crippen LogP contribution in [0.5, 0.6) is 5.75 Å². The molecular weight excluding hydrogens is 216 g/mol. The molecule has 1 amide bonds. The second-order valence-electron chi connectivity index (χ2n) is 3.69. The maximum absolute atomic E-state index is 10.9. The number of anilines is 1. The van der Waals surface area contributed by atoms with Crippen LogP contribution in [0.1, 0.15) is 12.5 Å². The van der Waals surface area contributed by atoms with E-state index in [1.54, 1.807) is 24.3 Å². The molecule has 0 unspecified atom stereocenters. The fraction of sp³-hybridized carbons (Fsp3) is 0.0769. The molecule has 17 heavy (non-hydrogen) atoms. The monoisotopic (exact) mass is 226 g/mol. The molecule has 0 atom stereocenters. The van der Waals surface area contributed by atoms with Crippen molar-refractivity contribution in [3.05, 3.63) is 35.9 Å². The van der Waals surface area contributed by atoms with Gasteiger partial charge in [-0.2, -0.15) is 5.26 Å². The van der Waals surface area contributed by atoms with Gasteiger partial charge in [0.05, 0.1) is 0 Å². The molecule has 0 saturated heterocycles. The topological polar surface area (TPSA) is 73.1 Å². The molecule has 0 aliphatic rings. The standard InChI is InChI=1S/C13H10N2O2/c1-8(16)15-10-3-4-11-9(6-10)2-5-13(17)12(11)7-14/h2-6,17H,1H3,(H,15,16). The Balaban J connectivity index is 2.62. The molecule has 2 rings (SSSR count). The largest absolute Gasteiger partial charge is 0.507 e. The van der Waals surface area contributed by atoms with Gasteiger partial charge in [-0.3, -0.25) is 4.79 Å². The average molecular weight is 226 g/mol. The van der Waals surface area contributed by atoms with E-state index in [9.17, 15) is 9.90 Å². The third kappa shape index (κ3) is 2.04. The highest BCUT2D eigenvalue weighted by atomic mass is 16.3. The Labute approximate surface area is 98.1 Å². The summed E-state index contributed by atoms with van der Waals surface area (Å²) in [4.78, 5) is 10.9. The summed E-state index contributed by atoms with van der Waals surface area (Å²) in [6.07, 6.45) is 0. The molecule has 0 aliphatic carbocycles. The number of fused-ring (bicyclic) bond motifs is 1. The number of phenolic OH excluding ortho intramolecular Hbond substituents is 1. The SMILES string of the molecule is CC(=O)Nc1ccc2c(C#N)c(O)ccc2c1. The minimum absolute atomic E-state index is 0.0349. The smallest absolute Gasteiger partial charge is 0.221 e. The predicted octanol–water partition coefficient (Wildman–Crippen LogP) is 2.38. The summed E-state index contributed by atoms with van der Waals surface area (Å²) in [5.41, 5.74) is 0.913. The summed E-state index contributed by atoms with van der Waals surface area (Å²) in [6, 6.07) is 10.3. The third-order valence-corrected chi connectivity index (χ3v) is 2.43. The van der Waals surface area contributed by atoms with Gasteiger partial charge >= 0.3 is 0 Å². The summed E-state index contributed by atoms with van der Waals surface area (Å²) < 4.78 is 0. The van der Waals surface area contributed by atoms with Crippen molar-refractivity contribution in [2.24, 2.45) is 0 Å². The Kier molecular flexibility index (Phi) is 2.67. The zero-order valence-corrected chi connectivity index (χ0v) is 9.19. The Hall–Kier alpha value is -2.54. The first kappa shape index (κ1) is 11.0. The quantitative estimate of drug-likeness (QED) is 0.784. The molecule has 4 nitrogen and oxygen atoms in total. The van der Waals surface area contributed by atoms with Crippen molar-refractivity contribution in [3.63, 3.8) is 0 Å². The van der Waals surface area contributed by atoms with E-state index in [2.05, 4.69) is 5.32 Å². The normalized spacial score (nSPS) is 9.88. The van der Waals surface area contributed by atoms with Crippen LogP contribution < -0.4 is 5.32 Å². The van der Waals surface area contributed by atoms with Crippen LogP contribution in [0.4, 0.5) is 5.69 Å². The fourth-order valence-corrected chi connectivity index (χ4v) is 1.72. The Bertz CT molecular complexity index is 642. The van der Waals surface area contributed by atoms with Crippen molar-refractivity contribution in [2.75, 3.05) is 5.32 Å². The molecule has 0 aliphatic heterocycles. The predicted molar refractivity (Wildman–Crippen MR) is 64.6 cm³/mol. The number of benzene rings is 2. The fourth-order valence-electron chi connectivity index (χ4n) is 1.72. The lowest BCUT2D eigenvalue weighted by Gasteiger charge is -2.06. The molecule has 0 spiro atoms. The van der Waals surface area contributed by atoms with Gasteiger partial charge in [-0.1, -0.05) is 12.1 Å². The minimum Gasteiger partial charge on any atom is -0.507 e. The summed E-state index contributed by atoms with van der Waals surface area (Å²) in [6.45, 7) is 1.43. The number of hydrogen-bond acceptors (Lipinski definition) is 3. The molecule has 0 aromatic heterocycles. The van der Waals surface area contributed by atoms with Gasteiger partial charge in [-0.15, -0.1) is 0 Å². The van der Waals surface area contributed by atoms with Gasteiger partial charge in [0.15, 0.2) is 0 Å². The Morgan fingerprint density at radius 1 is 1.35 bits per heavy atom. The number of aromatic hydroxyl groups is 1. The van der Waals surface area contributed by atoms with E-state index in [0.29, 0.717) is 11.1 Å². The van der Waals surface area contributed by atoms with Crippen molar-refractivity contribution < 1.29 is 9.90 Å². The Morgan fingerprint density at radius 2 is 2.12 bits per heavy atom. The van der Waals surface area contributed by atoms with E-state index in [1.165, 1.54) is 13.0 Å². The van der Waals surface area contributed by atoms with Gasteiger partial charge in [0.25, 0.3) is 0 Å². The highest BCUT2D eigenvalue weighted by Crippen LogP contribution is 2.28. The van der Waals surface area contributed by atoms with Gasteiger partial charge in [0, 0.05) is 18.0 Å².